The summed E-state index contributed by atoms with van der Waals surface area (Å²) in [5.74, 6) is 0.151. The highest BCUT2D eigenvalue weighted by molar-refractivity contribution is 6.29. The first-order chi connectivity index (χ1) is 9.02. The van der Waals surface area contributed by atoms with Gasteiger partial charge in [-0.1, -0.05) is 32.4 Å². The van der Waals surface area contributed by atoms with Crippen LogP contribution in [0.1, 0.15) is 51.4 Å². The van der Waals surface area contributed by atoms with Gasteiger partial charge >= 0.3 is 0 Å². The van der Waals surface area contributed by atoms with Crippen molar-refractivity contribution < 1.29 is 9.53 Å². The summed E-state index contributed by atoms with van der Waals surface area (Å²) in [7, 11) is 1.49. The number of ether oxygens (including phenoxy) is 1. The minimum absolute atomic E-state index is 0.129. The molecule has 0 aliphatic heterocycles. The highest BCUT2D eigenvalue weighted by atomic mass is 35.5. The van der Waals surface area contributed by atoms with Crippen molar-refractivity contribution in [2.45, 2.75) is 46.6 Å². The van der Waals surface area contributed by atoms with Crippen molar-refractivity contribution in [3.8, 4) is 5.88 Å². The molecular formula is C15H23ClN2O2. The van der Waals surface area contributed by atoms with Crippen LogP contribution in [0.3, 0.4) is 0 Å². The zero-order valence-electron chi connectivity index (χ0n) is 13.0. The maximum absolute atomic E-state index is 12.3. The predicted octanol–water partition coefficient (Wildman–Crippen LogP) is 3.69. The maximum Gasteiger partial charge on any atom is 0.251 e. The number of methoxy groups -OCH3 is 1. The largest absolute Gasteiger partial charge is 0.481 e. The van der Waals surface area contributed by atoms with E-state index in [0.717, 1.165) is 6.42 Å². The van der Waals surface area contributed by atoms with Crippen LogP contribution in [-0.2, 0) is 0 Å². The number of hydrogen-bond acceptors (Lipinski definition) is 3. The predicted molar refractivity (Wildman–Crippen MR) is 81.4 cm³/mol. The first-order valence-electron chi connectivity index (χ1n) is 6.56. The van der Waals surface area contributed by atoms with Crippen LogP contribution in [0.25, 0.3) is 0 Å². The number of nitrogens with one attached hydrogen (secondary N) is 1. The lowest BCUT2D eigenvalue weighted by Crippen LogP contribution is -2.45. The number of halogens is 1. The highest BCUT2D eigenvalue weighted by Crippen LogP contribution is 2.27. The fourth-order valence-electron chi connectivity index (χ4n) is 2.46. The van der Waals surface area contributed by atoms with Gasteiger partial charge in [0.2, 0.25) is 5.88 Å². The zero-order chi connectivity index (χ0) is 15.6. The van der Waals surface area contributed by atoms with Crippen LogP contribution in [0, 0.1) is 5.41 Å². The van der Waals surface area contributed by atoms with Crippen molar-refractivity contribution in [2.75, 3.05) is 7.11 Å². The second kappa shape index (κ2) is 6.00. The minimum atomic E-state index is -0.307. The van der Waals surface area contributed by atoms with Gasteiger partial charge in [-0.2, -0.15) is 0 Å². The number of carbonyl (C=O) groups is 1. The van der Waals surface area contributed by atoms with Gasteiger partial charge in [-0.25, -0.2) is 4.98 Å². The number of carbonyl (C=O) groups excluding carboxylic acids is 1. The standard InChI is InChI=1S/C15H23ClN2O2/c1-14(2,3)9-15(4,5)18-13(19)10-7-11(16)17-12(8-10)20-6/h7-8H,9H2,1-6H3,(H,18,19). The second-order valence-electron chi connectivity index (χ2n) is 6.80. The van der Waals surface area contributed by atoms with Gasteiger partial charge in [-0.05, 0) is 31.7 Å². The van der Waals surface area contributed by atoms with Crippen LogP contribution < -0.4 is 10.1 Å². The summed E-state index contributed by atoms with van der Waals surface area (Å²) in [5.41, 5.74) is 0.270. The molecule has 0 radical (unpaired) electrons. The fraction of sp³-hybridized carbons (Fsp3) is 0.600. The first-order valence-corrected chi connectivity index (χ1v) is 6.94. The van der Waals surface area contributed by atoms with Gasteiger partial charge in [0.25, 0.3) is 5.91 Å². The molecule has 0 fully saturated rings. The Hall–Kier alpha value is -1.29. The minimum Gasteiger partial charge on any atom is -0.481 e. The van der Waals surface area contributed by atoms with E-state index < -0.39 is 0 Å². The number of hydrogen-bond donors (Lipinski definition) is 1. The lowest BCUT2D eigenvalue weighted by Gasteiger charge is -2.33. The van der Waals surface area contributed by atoms with E-state index in [0.29, 0.717) is 11.4 Å². The van der Waals surface area contributed by atoms with Gasteiger partial charge in [0.15, 0.2) is 0 Å². The van der Waals surface area contributed by atoms with E-state index in [1.165, 1.54) is 13.2 Å². The van der Waals surface area contributed by atoms with E-state index in [9.17, 15) is 4.79 Å². The third-order valence-electron chi connectivity index (χ3n) is 2.67. The van der Waals surface area contributed by atoms with Crippen molar-refractivity contribution >= 4 is 17.5 Å². The molecular weight excluding hydrogens is 276 g/mol. The lowest BCUT2D eigenvalue weighted by molar-refractivity contribution is 0.0891. The fourth-order valence-corrected chi connectivity index (χ4v) is 2.66. The summed E-state index contributed by atoms with van der Waals surface area (Å²) >= 11 is 5.88. The smallest absolute Gasteiger partial charge is 0.251 e. The van der Waals surface area contributed by atoms with E-state index in [2.05, 4.69) is 31.1 Å². The number of rotatable bonds is 4. The molecule has 20 heavy (non-hydrogen) atoms. The summed E-state index contributed by atoms with van der Waals surface area (Å²) in [4.78, 5) is 16.3. The average molecular weight is 299 g/mol. The van der Waals surface area contributed by atoms with Crippen LogP contribution in [0.15, 0.2) is 12.1 Å². The Bertz CT molecular complexity index is 493. The molecule has 0 aliphatic carbocycles. The van der Waals surface area contributed by atoms with Gasteiger partial charge in [-0.15, -0.1) is 0 Å². The maximum atomic E-state index is 12.3. The highest BCUT2D eigenvalue weighted by Gasteiger charge is 2.27. The second-order valence-corrected chi connectivity index (χ2v) is 7.18. The van der Waals surface area contributed by atoms with Crippen molar-refractivity contribution in [3.63, 3.8) is 0 Å². The summed E-state index contributed by atoms with van der Waals surface area (Å²) in [6, 6.07) is 3.11. The molecule has 0 unspecified atom stereocenters. The van der Waals surface area contributed by atoms with E-state index in [-0.39, 0.29) is 22.0 Å². The lowest BCUT2D eigenvalue weighted by atomic mass is 9.81. The molecule has 1 aromatic rings. The van der Waals surface area contributed by atoms with E-state index >= 15 is 0 Å². The van der Waals surface area contributed by atoms with Crippen LogP contribution in [0.5, 0.6) is 5.88 Å². The molecule has 0 aromatic carbocycles. The Labute approximate surface area is 125 Å². The molecule has 1 N–H and O–H groups in total. The van der Waals surface area contributed by atoms with E-state index in [4.69, 9.17) is 16.3 Å². The monoisotopic (exact) mass is 298 g/mol. The summed E-state index contributed by atoms with van der Waals surface area (Å²) in [5, 5.41) is 3.27. The third-order valence-corrected chi connectivity index (χ3v) is 2.86. The molecule has 4 nitrogen and oxygen atoms in total. The molecule has 1 heterocycles. The third kappa shape index (κ3) is 5.37. The first kappa shape index (κ1) is 16.8. The van der Waals surface area contributed by atoms with Gasteiger partial charge in [-0.3, -0.25) is 4.79 Å². The van der Waals surface area contributed by atoms with Gasteiger partial charge < -0.3 is 10.1 Å². The Balaban J connectivity index is 2.88. The molecule has 0 bridgehead atoms. The molecule has 0 saturated heterocycles. The van der Waals surface area contributed by atoms with Crippen LogP contribution in [-0.4, -0.2) is 23.5 Å². The molecule has 0 spiro atoms. The Morgan fingerprint density at radius 2 is 1.90 bits per heavy atom. The topological polar surface area (TPSA) is 51.2 Å². The number of amides is 1. The normalized spacial score (nSPS) is 12.2. The van der Waals surface area contributed by atoms with Crippen molar-refractivity contribution in [1.82, 2.24) is 10.3 Å². The molecule has 0 saturated carbocycles. The molecule has 1 amide bonds. The average Bonchev–Trinajstić information content (AvgIpc) is 2.23. The van der Waals surface area contributed by atoms with Crippen molar-refractivity contribution in [2.24, 2.45) is 5.41 Å². The number of nitrogens with zero attached hydrogens (tertiary/aromatic N) is 1. The summed E-state index contributed by atoms with van der Waals surface area (Å²) < 4.78 is 5.02. The Morgan fingerprint density at radius 1 is 1.30 bits per heavy atom. The van der Waals surface area contributed by atoms with E-state index in [1.807, 2.05) is 13.8 Å². The van der Waals surface area contributed by atoms with Crippen LogP contribution >= 0.6 is 11.6 Å². The SMILES string of the molecule is COc1cc(C(=O)NC(C)(C)CC(C)(C)C)cc(Cl)n1. The van der Waals surface area contributed by atoms with Gasteiger partial charge in [0, 0.05) is 17.2 Å². The Kier molecular flexibility index (Phi) is 5.03. The summed E-state index contributed by atoms with van der Waals surface area (Å²) in [6.45, 7) is 10.5. The summed E-state index contributed by atoms with van der Waals surface area (Å²) in [6.07, 6.45) is 0.863. The Morgan fingerprint density at radius 3 is 2.40 bits per heavy atom. The molecule has 0 aliphatic rings. The van der Waals surface area contributed by atoms with Crippen molar-refractivity contribution in [1.29, 1.82) is 0 Å². The molecule has 5 heteroatoms. The number of aromatic nitrogens is 1. The van der Waals surface area contributed by atoms with E-state index in [1.54, 1.807) is 6.07 Å². The molecule has 1 aromatic heterocycles. The quantitative estimate of drug-likeness (QED) is 0.863. The van der Waals surface area contributed by atoms with Gasteiger partial charge in [0.1, 0.15) is 5.15 Å². The molecule has 1 rings (SSSR count). The van der Waals surface area contributed by atoms with Crippen LogP contribution in [0.4, 0.5) is 0 Å². The molecule has 0 atom stereocenters. The number of pyridine rings is 1. The molecule has 112 valence electrons. The van der Waals surface area contributed by atoms with Crippen molar-refractivity contribution in [3.05, 3.63) is 22.8 Å². The zero-order valence-corrected chi connectivity index (χ0v) is 13.8. The van der Waals surface area contributed by atoms with Gasteiger partial charge in [0.05, 0.1) is 7.11 Å². The van der Waals surface area contributed by atoms with Crippen LogP contribution in [0.2, 0.25) is 5.15 Å².